The van der Waals surface area contributed by atoms with Crippen LogP contribution < -0.4 is 0 Å². The fraction of sp³-hybridized carbons (Fsp3) is 0. The van der Waals surface area contributed by atoms with Crippen LogP contribution >= 0.6 is 0 Å². The van der Waals surface area contributed by atoms with Crippen molar-refractivity contribution in [2.75, 3.05) is 0 Å². The number of hydrogen-bond donors (Lipinski definition) is 0. The lowest BCUT2D eigenvalue weighted by Gasteiger charge is -1.83. The molecule has 1 aromatic carbocycles. The van der Waals surface area contributed by atoms with Crippen LogP contribution in [0.25, 0.3) is 0 Å². The summed E-state index contributed by atoms with van der Waals surface area (Å²) in [5.74, 6) is 0. The molecule has 0 aliphatic rings. The highest BCUT2D eigenvalue weighted by Crippen LogP contribution is 1.92. The number of rotatable bonds is 2. The molecule has 0 heterocycles. The summed E-state index contributed by atoms with van der Waals surface area (Å²) in [5, 5.41) is 0. The molecule has 0 bridgehead atoms. The lowest BCUT2D eigenvalue weighted by Crippen LogP contribution is -1.76. The predicted octanol–water partition coefficient (Wildman–Crippen LogP) is 1.45. The van der Waals surface area contributed by atoms with Crippen molar-refractivity contribution in [3.63, 3.8) is 0 Å². The third-order valence-corrected chi connectivity index (χ3v) is 1.24. The summed E-state index contributed by atoms with van der Waals surface area (Å²) in [5.41, 5.74) is 0.950. The molecule has 0 aromatic heterocycles. The molecule has 0 N–H and O–H groups in total. The van der Waals surface area contributed by atoms with Gasteiger partial charge in [-0.2, -0.15) is 0 Å². The zero-order valence-corrected chi connectivity index (χ0v) is 6.04. The Morgan fingerprint density at radius 3 is 2.60 bits per heavy atom. The molecule has 0 aliphatic heterocycles. The second-order valence-corrected chi connectivity index (χ2v) is 2.08. The number of hydrogen-bond acceptors (Lipinski definition) is 1. The predicted molar refractivity (Wildman–Crippen MR) is 42.1 cm³/mol. The molecule has 0 radical (unpaired) electrons. The smallest absolute Gasteiger partial charge is 0.0622 e. The van der Waals surface area contributed by atoms with E-state index in [-0.39, 0.29) is 11.9 Å². The largest absolute Gasteiger partial charge is 0.652 e. The maximum absolute atomic E-state index is 9.82. The van der Waals surface area contributed by atoms with Gasteiger partial charge < -0.3 is 0 Å². The molecule has 10 heavy (non-hydrogen) atoms. The first-order chi connectivity index (χ1) is 4.93. The highest BCUT2D eigenvalue weighted by atomic mass is 32.2. The van der Waals surface area contributed by atoms with Gasteiger partial charge in [0, 0.05) is 0 Å². The molecule has 0 saturated heterocycles. The second-order valence-electron chi connectivity index (χ2n) is 1.72. The molecule has 1 rings (SSSR count). The number of nitrogens with zero attached hydrogens (tertiary/aromatic N) is 1. The van der Waals surface area contributed by atoms with Crippen molar-refractivity contribution in [1.29, 1.82) is 0 Å². The van der Waals surface area contributed by atoms with E-state index < -0.39 is 0 Å². The van der Waals surface area contributed by atoms with Crippen molar-refractivity contribution in [2.24, 2.45) is 4.40 Å². The highest BCUT2D eigenvalue weighted by Gasteiger charge is 1.88. The van der Waals surface area contributed by atoms with Gasteiger partial charge in [0.15, 0.2) is 0 Å². The van der Waals surface area contributed by atoms with Crippen molar-refractivity contribution in [2.45, 2.75) is 0 Å². The Bertz CT molecular complexity index is 233. The lowest BCUT2D eigenvalue weighted by molar-refractivity contribution is 0.606. The van der Waals surface area contributed by atoms with E-state index in [1.807, 2.05) is 30.3 Å². The van der Waals surface area contributed by atoms with Crippen molar-refractivity contribution in [3.05, 3.63) is 35.9 Å². The van der Waals surface area contributed by atoms with Gasteiger partial charge in [0.2, 0.25) is 0 Å². The Balaban J connectivity index is 2.76. The lowest BCUT2D eigenvalue weighted by atomic mass is 10.2. The molecular formula is C7H6NOS+. The third-order valence-electron chi connectivity index (χ3n) is 1.04. The number of benzene rings is 1. The molecular weight excluding hydrogens is 146 g/mol. The average molecular weight is 152 g/mol. The molecule has 0 fully saturated rings. The average Bonchev–Trinajstić information content (AvgIpc) is 2.03. The van der Waals surface area contributed by atoms with E-state index in [0.717, 1.165) is 5.56 Å². The quantitative estimate of drug-likeness (QED) is 0.358. The minimum atomic E-state index is 0.216. The van der Waals surface area contributed by atoms with Gasteiger partial charge in [-0.1, -0.05) is 30.3 Å². The standard InChI is InChI=1S/C7H6NOS/c9-10-8-6-7-4-2-1-3-5-7/h1-6H/q+1. The topological polar surface area (TPSA) is 29.4 Å². The van der Waals surface area contributed by atoms with Crippen molar-refractivity contribution in [3.8, 4) is 0 Å². The molecule has 0 spiro atoms. The zero-order valence-electron chi connectivity index (χ0n) is 5.23. The molecule has 0 saturated carbocycles. The Morgan fingerprint density at radius 1 is 1.30 bits per heavy atom. The van der Waals surface area contributed by atoms with Gasteiger partial charge in [-0.25, -0.2) is 0 Å². The first kappa shape index (κ1) is 7.02. The molecule has 2 nitrogen and oxygen atoms in total. The van der Waals surface area contributed by atoms with Crippen LogP contribution in [0.1, 0.15) is 5.56 Å². The van der Waals surface area contributed by atoms with Crippen LogP contribution in [-0.4, -0.2) is 6.21 Å². The minimum Gasteiger partial charge on any atom is -0.0622 e. The molecule has 0 atom stereocenters. The van der Waals surface area contributed by atoms with Gasteiger partial charge >= 0.3 is 11.9 Å². The monoisotopic (exact) mass is 152 g/mol. The van der Waals surface area contributed by atoms with E-state index in [9.17, 15) is 4.21 Å². The summed E-state index contributed by atoms with van der Waals surface area (Å²) in [6.45, 7) is 0. The van der Waals surface area contributed by atoms with Crippen LogP contribution in [-0.2, 0) is 16.1 Å². The van der Waals surface area contributed by atoms with E-state index >= 15 is 0 Å². The summed E-state index contributed by atoms with van der Waals surface area (Å²) in [6, 6.07) is 9.49. The van der Waals surface area contributed by atoms with Crippen molar-refractivity contribution >= 4 is 18.1 Å². The van der Waals surface area contributed by atoms with E-state index in [2.05, 4.69) is 4.40 Å². The maximum atomic E-state index is 9.82. The maximum Gasteiger partial charge on any atom is 0.652 e. The molecule has 0 aliphatic carbocycles. The van der Waals surface area contributed by atoms with Gasteiger partial charge in [-0.3, -0.25) is 0 Å². The van der Waals surface area contributed by atoms with E-state index in [4.69, 9.17) is 0 Å². The van der Waals surface area contributed by atoms with Crippen LogP contribution in [0, 0.1) is 0 Å². The summed E-state index contributed by atoms with van der Waals surface area (Å²) in [7, 11) is 0. The Kier molecular flexibility index (Phi) is 2.70. The van der Waals surface area contributed by atoms with Crippen LogP contribution in [0.15, 0.2) is 34.7 Å². The van der Waals surface area contributed by atoms with Crippen LogP contribution in [0.3, 0.4) is 0 Å². The molecule has 50 valence electrons. The van der Waals surface area contributed by atoms with Gasteiger partial charge in [0.25, 0.3) is 0 Å². The minimum absolute atomic E-state index is 0.216. The Hall–Kier alpha value is -1.09. The normalized spacial score (nSPS) is 10.0. The summed E-state index contributed by atoms with van der Waals surface area (Å²) >= 11 is 0.216. The Morgan fingerprint density at radius 2 is 2.00 bits per heavy atom. The van der Waals surface area contributed by atoms with Gasteiger partial charge in [0.05, 0.1) is 8.61 Å². The van der Waals surface area contributed by atoms with Crippen LogP contribution in [0.4, 0.5) is 0 Å². The summed E-state index contributed by atoms with van der Waals surface area (Å²) in [6.07, 6.45) is 1.54. The zero-order chi connectivity index (χ0) is 7.23. The Labute approximate surface area is 63.2 Å². The van der Waals surface area contributed by atoms with E-state index in [1.165, 1.54) is 6.21 Å². The molecule has 0 amide bonds. The van der Waals surface area contributed by atoms with E-state index in [1.54, 1.807) is 0 Å². The first-order valence-electron chi connectivity index (χ1n) is 2.81. The fourth-order valence-corrected chi connectivity index (χ4v) is 0.786. The third kappa shape index (κ3) is 2.03. The van der Waals surface area contributed by atoms with Crippen molar-refractivity contribution < 1.29 is 4.21 Å². The first-order valence-corrected chi connectivity index (χ1v) is 3.51. The van der Waals surface area contributed by atoms with E-state index in [0.29, 0.717) is 0 Å². The molecule has 3 heteroatoms. The van der Waals surface area contributed by atoms with Gasteiger partial charge in [-0.05, 0) is 5.56 Å². The molecule has 1 aromatic rings. The van der Waals surface area contributed by atoms with Gasteiger partial charge in [-0.15, -0.1) is 0 Å². The van der Waals surface area contributed by atoms with Gasteiger partial charge in [0.1, 0.15) is 6.21 Å². The van der Waals surface area contributed by atoms with Crippen LogP contribution in [0.5, 0.6) is 0 Å². The highest BCUT2D eigenvalue weighted by molar-refractivity contribution is 7.64. The summed E-state index contributed by atoms with van der Waals surface area (Å²) in [4.78, 5) is 0. The summed E-state index contributed by atoms with van der Waals surface area (Å²) < 4.78 is 13.3. The SMILES string of the molecule is O=[S+]N=Cc1ccccc1. The van der Waals surface area contributed by atoms with Crippen LogP contribution in [0.2, 0.25) is 0 Å². The van der Waals surface area contributed by atoms with Crippen molar-refractivity contribution in [1.82, 2.24) is 0 Å². The molecule has 0 unspecified atom stereocenters. The fourth-order valence-electron chi connectivity index (χ4n) is 0.621. The second kappa shape index (κ2) is 3.85.